The minimum atomic E-state index is -4.52. The summed E-state index contributed by atoms with van der Waals surface area (Å²) in [4.78, 5) is 11.6. The van der Waals surface area contributed by atoms with Crippen LogP contribution in [0.25, 0.3) is 0 Å². The smallest absolute Gasteiger partial charge is 0.417 e. The van der Waals surface area contributed by atoms with Crippen LogP contribution in [0, 0.1) is 0 Å². The van der Waals surface area contributed by atoms with Crippen LogP contribution in [-0.2, 0) is 10.9 Å². The van der Waals surface area contributed by atoms with Crippen LogP contribution in [0.15, 0.2) is 22.7 Å². The average molecular weight is 325 g/mol. The van der Waals surface area contributed by atoms with E-state index in [4.69, 9.17) is 4.74 Å². The molecule has 0 spiro atoms. The molecule has 0 N–H and O–H groups in total. The van der Waals surface area contributed by atoms with Gasteiger partial charge in [-0.05, 0) is 39.0 Å². The molecule has 0 saturated heterocycles. The predicted octanol–water partition coefficient (Wildman–Crippen LogP) is 4.42. The first-order valence-corrected chi connectivity index (χ1v) is 5.90. The highest BCUT2D eigenvalue weighted by atomic mass is 79.9. The molecule has 0 unspecified atom stereocenters. The molecule has 1 aromatic carbocycles. The number of hydrogen-bond acceptors (Lipinski definition) is 2. The lowest BCUT2D eigenvalue weighted by Gasteiger charge is -2.20. The van der Waals surface area contributed by atoms with E-state index in [0.29, 0.717) is 0 Å². The van der Waals surface area contributed by atoms with Gasteiger partial charge in [-0.3, -0.25) is 0 Å². The second kappa shape index (κ2) is 4.91. The molecule has 0 aliphatic carbocycles. The molecule has 0 amide bonds. The third-order valence-electron chi connectivity index (χ3n) is 1.91. The van der Waals surface area contributed by atoms with E-state index < -0.39 is 23.3 Å². The Kier molecular flexibility index (Phi) is 4.10. The number of carbonyl (C=O) groups excluding carboxylic acids is 1. The fourth-order valence-electron chi connectivity index (χ4n) is 1.21. The van der Waals surface area contributed by atoms with Crippen LogP contribution in [0.2, 0.25) is 0 Å². The van der Waals surface area contributed by atoms with Crippen molar-refractivity contribution in [2.45, 2.75) is 32.5 Å². The van der Waals surface area contributed by atoms with Crippen LogP contribution in [0.3, 0.4) is 0 Å². The summed E-state index contributed by atoms with van der Waals surface area (Å²) in [5.41, 5.74) is -1.77. The predicted molar refractivity (Wildman–Crippen MR) is 64.3 cm³/mol. The van der Waals surface area contributed by atoms with E-state index >= 15 is 0 Å². The van der Waals surface area contributed by atoms with Crippen molar-refractivity contribution in [2.75, 3.05) is 0 Å². The lowest BCUT2D eigenvalue weighted by molar-refractivity contribution is -0.138. The van der Waals surface area contributed by atoms with E-state index in [-0.39, 0.29) is 10.0 Å². The summed E-state index contributed by atoms with van der Waals surface area (Å²) in [6, 6.07) is 3.24. The zero-order valence-corrected chi connectivity index (χ0v) is 11.6. The molecule has 6 heteroatoms. The number of hydrogen-bond donors (Lipinski definition) is 0. The van der Waals surface area contributed by atoms with Gasteiger partial charge in [0.1, 0.15) is 5.60 Å². The van der Waals surface area contributed by atoms with Gasteiger partial charge in [0.15, 0.2) is 0 Å². The number of benzene rings is 1. The van der Waals surface area contributed by atoms with Crippen LogP contribution < -0.4 is 0 Å². The summed E-state index contributed by atoms with van der Waals surface area (Å²) in [5.74, 6) is -0.777. The molecular formula is C12H12BrF3O2. The zero-order chi connectivity index (χ0) is 14.1. The molecule has 0 aliphatic heterocycles. The highest BCUT2D eigenvalue weighted by Crippen LogP contribution is 2.35. The van der Waals surface area contributed by atoms with Gasteiger partial charge in [-0.15, -0.1) is 0 Å². The van der Waals surface area contributed by atoms with Crippen LogP contribution in [0.1, 0.15) is 36.7 Å². The molecule has 0 saturated carbocycles. The molecule has 0 heterocycles. The zero-order valence-electron chi connectivity index (χ0n) is 10.1. The Hall–Kier alpha value is -1.04. The molecule has 100 valence electrons. The molecule has 0 aromatic heterocycles. The van der Waals surface area contributed by atoms with Gasteiger partial charge in [-0.25, -0.2) is 4.79 Å². The fourth-order valence-corrected chi connectivity index (χ4v) is 1.68. The van der Waals surface area contributed by atoms with Crippen molar-refractivity contribution in [3.63, 3.8) is 0 Å². The summed E-state index contributed by atoms with van der Waals surface area (Å²) < 4.78 is 42.8. The maximum Gasteiger partial charge on any atom is 0.417 e. The molecule has 1 rings (SSSR count). The lowest BCUT2D eigenvalue weighted by Crippen LogP contribution is -2.24. The first-order valence-electron chi connectivity index (χ1n) is 5.11. The Morgan fingerprint density at radius 3 is 2.22 bits per heavy atom. The Morgan fingerprint density at radius 1 is 1.22 bits per heavy atom. The number of ether oxygens (including phenoxy) is 1. The van der Waals surface area contributed by atoms with Crippen molar-refractivity contribution >= 4 is 21.9 Å². The Balaban J connectivity index is 3.10. The second-order valence-corrected chi connectivity index (χ2v) is 5.55. The minimum Gasteiger partial charge on any atom is -0.456 e. The second-order valence-electron chi connectivity index (χ2n) is 4.69. The van der Waals surface area contributed by atoms with Crippen molar-refractivity contribution in [1.82, 2.24) is 0 Å². The topological polar surface area (TPSA) is 26.3 Å². The van der Waals surface area contributed by atoms with Crippen LogP contribution in [-0.4, -0.2) is 11.6 Å². The van der Waals surface area contributed by atoms with Gasteiger partial charge in [-0.1, -0.05) is 15.9 Å². The normalized spacial score (nSPS) is 12.4. The summed E-state index contributed by atoms with van der Waals surface area (Å²) in [5, 5.41) is 0. The monoisotopic (exact) mass is 324 g/mol. The van der Waals surface area contributed by atoms with E-state index in [0.717, 1.165) is 6.07 Å². The average Bonchev–Trinajstić information content (AvgIpc) is 2.13. The Morgan fingerprint density at radius 2 is 1.78 bits per heavy atom. The van der Waals surface area contributed by atoms with Crippen molar-refractivity contribution in [2.24, 2.45) is 0 Å². The Labute approximate surface area is 111 Å². The highest BCUT2D eigenvalue weighted by molar-refractivity contribution is 9.10. The lowest BCUT2D eigenvalue weighted by atomic mass is 10.1. The van der Waals surface area contributed by atoms with Crippen molar-refractivity contribution < 1.29 is 22.7 Å². The molecule has 2 nitrogen and oxygen atoms in total. The van der Waals surface area contributed by atoms with Gasteiger partial charge in [-0.2, -0.15) is 13.2 Å². The van der Waals surface area contributed by atoms with Gasteiger partial charge in [0, 0.05) is 4.47 Å². The van der Waals surface area contributed by atoms with Crippen LogP contribution >= 0.6 is 15.9 Å². The molecule has 0 atom stereocenters. The van der Waals surface area contributed by atoms with Gasteiger partial charge in [0.25, 0.3) is 0 Å². The summed E-state index contributed by atoms with van der Waals surface area (Å²) in [6.45, 7) is 4.94. The highest BCUT2D eigenvalue weighted by Gasteiger charge is 2.34. The molecule has 18 heavy (non-hydrogen) atoms. The molecule has 0 fully saturated rings. The summed E-state index contributed by atoms with van der Waals surface area (Å²) in [6.07, 6.45) is -4.52. The van der Waals surface area contributed by atoms with E-state index in [1.54, 1.807) is 20.8 Å². The van der Waals surface area contributed by atoms with Crippen LogP contribution in [0.4, 0.5) is 13.2 Å². The molecule has 0 radical (unpaired) electrons. The van der Waals surface area contributed by atoms with Crippen molar-refractivity contribution in [1.29, 1.82) is 0 Å². The number of carbonyl (C=O) groups is 1. The van der Waals surface area contributed by atoms with Gasteiger partial charge in [0.2, 0.25) is 0 Å². The van der Waals surface area contributed by atoms with Crippen LogP contribution in [0.5, 0.6) is 0 Å². The molecule has 0 aliphatic rings. The summed E-state index contributed by atoms with van der Waals surface area (Å²) >= 11 is 2.80. The van der Waals surface area contributed by atoms with E-state index in [9.17, 15) is 18.0 Å². The van der Waals surface area contributed by atoms with Gasteiger partial charge in [0.05, 0.1) is 11.1 Å². The third kappa shape index (κ3) is 4.01. The van der Waals surface area contributed by atoms with Crippen molar-refractivity contribution in [3.8, 4) is 0 Å². The number of alkyl halides is 3. The fraction of sp³-hybridized carbons (Fsp3) is 0.417. The standard InChI is InChI=1S/C12H12BrF3O2/c1-11(2,3)18-10(17)7-4-5-9(13)8(6-7)12(14,15)16/h4-6H,1-3H3. The minimum absolute atomic E-state index is 0.109. The van der Waals surface area contributed by atoms with E-state index in [1.807, 2.05) is 0 Å². The molecule has 1 aromatic rings. The largest absolute Gasteiger partial charge is 0.456 e. The molecule has 0 bridgehead atoms. The summed E-state index contributed by atoms with van der Waals surface area (Å²) in [7, 11) is 0. The maximum absolute atomic E-state index is 12.6. The van der Waals surface area contributed by atoms with E-state index in [2.05, 4.69) is 15.9 Å². The first kappa shape index (κ1) is 15.0. The number of esters is 1. The number of halogens is 4. The third-order valence-corrected chi connectivity index (χ3v) is 2.60. The Bertz CT molecular complexity index is 461. The first-order chi connectivity index (χ1) is 8.00. The SMILES string of the molecule is CC(C)(C)OC(=O)c1ccc(Br)c(C(F)(F)F)c1. The quantitative estimate of drug-likeness (QED) is 0.714. The van der Waals surface area contributed by atoms with E-state index in [1.165, 1.54) is 12.1 Å². The molecular weight excluding hydrogens is 313 g/mol. The maximum atomic E-state index is 12.6. The number of rotatable bonds is 1. The van der Waals surface area contributed by atoms with Crippen molar-refractivity contribution in [3.05, 3.63) is 33.8 Å². The van der Waals surface area contributed by atoms with Gasteiger partial charge < -0.3 is 4.74 Å². The van der Waals surface area contributed by atoms with Gasteiger partial charge >= 0.3 is 12.1 Å².